The second-order valence-electron chi connectivity index (χ2n) is 16.0. The number of fused-ring (bicyclic) bond motifs is 3. The molecule has 9 N–H and O–H groups in total. The first-order valence-electron chi connectivity index (χ1n) is 22.6. The van der Waals surface area contributed by atoms with E-state index in [4.69, 9.17) is 45.6 Å². The average molecular weight is 1170 g/mol. The molecule has 0 saturated carbocycles. The van der Waals surface area contributed by atoms with E-state index in [1.54, 1.807) is 84.8 Å². The van der Waals surface area contributed by atoms with Gasteiger partial charge in [0, 0.05) is 66.8 Å². The lowest BCUT2D eigenvalue weighted by atomic mass is 10.1. The van der Waals surface area contributed by atoms with Gasteiger partial charge in [-0.1, -0.05) is 40.2 Å². The van der Waals surface area contributed by atoms with Crippen LogP contribution in [-0.2, 0) is 0 Å². The van der Waals surface area contributed by atoms with Crippen molar-refractivity contribution in [3.8, 4) is 34.5 Å². The summed E-state index contributed by atoms with van der Waals surface area (Å²) >= 11 is 8.54. The summed E-state index contributed by atoms with van der Waals surface area (Å²) in [6.45, 7) is 0. The van der Waals surface area contributed by atoms with E-state index in [1.165, 1.54) is 18.6 Å². The van der Waals surface area contributed by atoms with Gasteiger partial charge in [-0.3, -0.25) is 29.3 Å². The second-order valence-corrected chi connectivity index (χ2v) is 18.6. The van der Waals surface area contributed by atoms with Crippen molar-refractivity contribution in [2.24, 2.45) is 17.2 Å². The van der Waals surface area contributed by atoms with E-state index in [9.17, 15) is 14.4 Å². The van der Waals surface area contributed by atoms with Crippen LogP contribution in [0.3, 0.4) is 0 Å². The summed E-state index contributed by atoms with van der Waals surface area (Å²) in [5, 5.41) is 12.0. The number of hydrogen-bond acceptors (Lipinski definition) is 16. The van der Waals surface area contributed by atoms with E-state index in [0.29, 0.717) is 84.6 Å². The highest BCUT2D eigenvalue weighted by molar-refractivity contribution is 9.11. The Morgan fingerprint density at radius 1 is 0.461 bits per heavy atom. The Bertz CT molecular complexity index is 3650. The van der Waals surface area contributed by atoms with Crippen molar-refractivity contribution in [3.05, 3.63) is 153 Å². The topological polar surface area (TPSA) is 259 Å². The zero-order valence-electron chi connectivity index (χ0n) is 42.0. The maximum absolute atomic E-state index is 12.0. The number of carbonyl (C=O) groups is 3. The van der Waals surface area contributed by atoms with Gasteiger partial charge in [0.05, 0.1) is 110 Å². The molecule has 0 spiro atoms. The standard InChI is InChI=1S/C19H19N3O3S.C18H15Br2N3O3.C18H17N3O3/c1-24-15-8-11-14(9-16(15)25-2)21-10-12(19(20)23)18(11)22-13-6-4-5-7-17(13)26-3;1-25-15-6-10-14(7-16(15)26-2)22-8-11(18(21)24)17(10)23-13-4-3-9(19)5-12(13)20;1-23-11-7-8-12-15(9-11)20-10-13(18(19)22)17(12)21-14-5-3-4-6-16(14)24-2/h4-10H,1-3H3,(H2,20,23)(H,21,22);3-8H,1-2H3,(H2,21,24)(H,22,23);3-10H,1-2H3,(H2,19,22)(H,20,21). The van der Waals surface area contributed by atoms with Crippen LogP contribution in [0.15, 0.2) is 142 Å². The Labute approximate surface area is 458 Å². The number of ether oxygens (including phenoxy) is 6. The van der Waals surface area contributed by atoms with E-state index >= 15 is 0 Å². The summed E-state index contributed by atoms with van der Waals surface area (Å²) in [7, 11) is 9.41. The zero-order chi connectivity index (χ0) is 54.6. The van der Waals surface area contributed by atoms with Crippen molar-refractivity contribution in [2.45, 2.75) is 4.90 Å². The summed E-state index contributed by atoms with van der Waals surface area (Å²) < 4.78 is 33.8. The molecule has 3 heterocycles. The largest absolute Gasteiger partial charge is 0.497 e. The molecule has 21 heteroatoms. The number of nitrogens with two attached hydrogens (primary N) is 3. The molecule has 0 saturated heterocycles. The molecule has 76 heavy (non-hydrogen) atoms. The Morgan fingerprint density at radius 3 is 1.37 bits per heavy atom. The van der Waals surface area contributed by atoms with Gasteiger partial charge in [-0.15, -0.1) is 11.8 Å². The number of rotatable bonds is 16. The van der Waals surface area contributed by atoms with Gasteiger partial charge in [0.1, 0.15) is 11.5 Å². The van der Waals surface area contributed by atoms with E-state index in [1.807, 2.05) is 85.1 Å². The summed E-state index contributed by atoms with van der Waals surface area (Å²) in [5.74, 6) is 1.84. The van der Waals surface area contributed by atoms with Gasteiger partial charge >= 0.3 is 0 Å². The SMILES string of the molecule is COc1cc2ncc(C(N)=O)c(Nc3ccc(Br)cc3Br)c2cc1OC.COc1cc2ncc(C(N)=O)c(Nc3ccccc3SC)c2cc1OC.COc1ccc2c(Nc3ccccc3OC)c(C(N)=O)cnc2c1. The average Bonchev–Trinajstić information content (AvgIpc) is 3.43. The number of para-hydroxylation sites is 3. The van der Waals surface area contributed by atoms with Gasteiger partial charge in [0.25, 0.3) is 17.7 Å². The number of aromatic nitrogens is 3. The molecular formula is C55H51Br2N9O9S. The third-order valence-electron chi connectivity index (χ3n) is 11.5. The molecular weight excluding hydrogens is 1120 g/mol. The smallest absolute Gasteiger partial charge is 0.252 e. The zero-order valence-corrected chi connectivity index (χ0v) is 46.0. The molecule has 0 unspecified atom stereocenters. The van der Waals surface area contributed by atoms with Crippen LogP contribution in [0.2, 0.25) is 0 Å². The number of halogens is 2. The van der Waals surface area contributed by atoms with Crippen LogP contribution < -0.4 is 61.6 Å². The number of pyridine rings is 3. The molecule has 0 aliphatic heterocycles. The fourth-order valence-electron chi connectivity index (χ4n) is 7.79. The number of thioether (sulfide) groups is 1. The maximum atomic E-state index is 12.0. The number of anilines is 6. The van der Waals surface area contributed by atoms with Crippen molar-refractivity contribution in [1.29, 1.82) is 0 Å². The van der Waals surface area contributed by atoms with Crippen molar-refractivity contribution < 1.29 is 42.8 Å². The fourth-order valence-corrected chi connectivity index (χ4v) is 9.49. The molecule has 18 nitrogen and oxygen atoms in total. The van der Waals surface area contributed by atoms with Gasteiger partial charge in [-0.25, -0.2) is 0 Å². The molecule has 0 atom stereocenters. The van der Waals surface area contributed by atoms with E-state index in [0.717, 1.165) is 41.7 Å². The summed E-state index contributed by atoms with van der Waals surface area (Å²) in [6.07, 6.45) is 6.38. The monoisotopic (exact) mass is 1170 g/mol. The lowest BCUT2D eigenvalue weighted by Gasteiger charge is -2.17. The molecule has 0 aliphatic carbocycles. The van der Waals surface area contributed by atoms with E-state index in [-0.39, 0.29) is 5.56 Å². The molecule has 3 aromatic heterocycles. The number of benzene rings is 6. The van der Waals surface area contributed by atoms with Gasteiger partial charge in [0.15, 0.2) is 23.0 Å². The van der Waals surface area contributed by atoms with Crippen LogP contribution >= 0.6 is 43.6 Å². The van der Waals surface area contributed by atoms with Crippen LogP contribution in [-0.4, -0.2) is 81.6 Å². The third kappa shape index (κ3) is 12.3. The molecule has 0 fully saturated rings. The van der Waals surface area contributed by atoms with Crippen molar-refractivity contribution >= 4 is 128 Å². The molecule has 6 aromatic carbocycles. The minimum absolute atomic E-state index is 0.277. The number of primary amides is 3. The molecule has 9 rings (SSSR count). The normalized spacial score (nSPS) is 10.5. The first kappa shape index (κ1) is 55.2. The molecule has 0 radical (unpaired) electrons. The lowest BCUT2D eigenvalue weighted by molar-refractivity contribution is 0.0992. The number of carbonyl (C=O) groups excluding carboxylic acids is 3. The quantitative estimate of drug-likeness (QED) is 0.0492. The number of nitrogens with one attached hydrogen (secondary N) is 3. The Morgan fingerprint density at radius 2 is 0.895 bits per heavy atom. The highest BCUT2D eigenvalue weighted by atomic mass is 79.9. The summed E-state index contributed by atoms with van der Waals surface area (Å²) in [6, 6.07) is 33.5. The second kappa shape index (κ2) is 25.1. The van der Waals surface area contributed by atoms with Crippen LogP contribution in [0.25, 0.3) is 32.7 Å². The summed E-state index contributed by atoms with van der Waals surface area (Å²) in [5.41, 5.74) is 23.6. The van der Waals surface area contributed by atoms with Crippen molar-refractivity contribution in [3.63, 3.8) is 0 Å². The first-order chi connectivity index (χ1) is 36.7. The molecule has 0 aliphatic rings. The highest BCUT2D eigenvalue weighted by Gasteiger charge is 2.20. The fraction of sp³-hybridized carbons (Fsp3) is 0.127. The first-order valence-corrected chi connectivity index (χ1v) is 25.5. The molecule has 3 amide bonds. The van der Waals surface area contributed by atoms with Crippen LogP contribution in [0.4, 0.5) is 34.1 Å². The highest BCUT2D eigenvalue weighted by Crippen LogP contribution is 2.41. The van der Waals surface area contributed by atoms with E-state index < -0.39 is 17.7 Å². The minimum atomic E-state index is -0.579. The Hall–Kier alpha value is -8.53. The van der Waals surface area contributed by atoms with Gasteiger partial charge in [0.2, 0.25) is 0 Å². The molecule has 0 bridgehead atoms. The van der Waals surface area contributed by atoms with Crippen LogP contribution in [0.1, 0.15) is 31.1 Å². The molecule has 390 valence electrons. The predicted molar refractivity (Wildman–Crippen MR) is 306 cm³/mol. The number of nitrogens with zero attached hydrogens (tertiary/aromatic N) is 3. The van der Waals surface area contributed by atoms with Crippen LogP contribution in [0.5, 0.6) is 34.5 Å². The van der Waals surface area contributed by atoms with Gasteiger partial charge in [-0.05, 0) is 88.9 Å². The predicted octanol–water partition coefficient (Wildman–Crippen LogP) is 11.5. The van der Waals surface area contributed by atoms with E-state index in [2.05, 4.69) is 62.8 Å². The maximum Gasteiger partial charge on any atom is 0.252 e. The van der Waals surface area contributed by atoms with Gasteiger partial charge < -0.3 is 61.6 Å². The minimum Gasteiger partial charge on any atom is -0.497 e. The van der Waals surface area contributed by atoms with Gasteiger partial charge in [-0.2, -0.15) is 0 Å². The number of methoxy groups -OCH3 is 6. The van der Waals surface area contributed by atoms with Crippen molar-refractivity contribution in [2.75, 3.05) is 64.9 Å². The Kier molecular flexibility index (Phi) is 18.3. The Balaban J connectivity index is 0.000000166. The van der Waals surface area contributed by atoms with Crippen molar-refractivity contribution in [1.82, 2.24) is 15.0 Å². The summed E-state index contributed by atoms with van der Waals surface area (Å²) in [4.78, 5) is 49.8. The third-order valence-corrected chi connectivity index (χ3v) is 13.5. The van der Waals surface area contributed by atoms with Crippen LogP contribution in [0, 0.1) is 0 Å². The lowest BCUT2D eigenvalue weighted by Crippen LogP contribution is -2.14. The molecule has 9 aromatic rings. The number of hydrogen-bond donors (Lipinski definition) is 6. The number of amides is 3.